The van der Waals surface area contributed by atoms with Gasteiger partial charge in [0, 0.05) is 15.6 Å². The van der Waals surface area contributed by atoms with Crippen molar-refractivity contribution in [3.8, 4) is 17.9 Å². The third-order valence-electron chi connectivity index (χ3n) is 2.91. The fraction of sp³-hybridized carbons (Fsp3) is 0.0588. The molecule has 0 atom stereocenters. The summed E-state index contributed by atoms with van der Waals surface area (Å²) in [7, 11) is 0. The molecule has 0 saturated heterocycles. The number of hydrogen-bond acceptors (Lipinski definition) is 3. The zero-order valence-electron chi connectivity index (χ0n) is 11.7. The lowest BCUT2D eigenvalue weighted by Crippen LogP contribution is -1.97. The van der Waals surface area contributed by atoms with Gasteiger partial charge in [0.05, 0.1) is 4.47 Å². The molecule has 2 aromatic rings. The second-order valence-corrected chi connectivity index (χ2v) is 6.19. The summed E-state index contributed by atoms with van der Waals surface area (Å²) in [6.07, 6.45) is 1.50. The molecule has 0 N–H and O–H groups in total. The monoisotopic (exact) mass is 406 g/mol. The lowest BCUT2D eigenvalue weighted by molar-refractivity contribution is 0.304. The molecule has 0 aliphatic heterocycles. The summed E-state index contributed by atoms with van der Waals surface area (Å²) in [6.45, 7) is 0.297. The summed E-state index contributed by atoms with van der Waals surface area (Å²) >= 11 is 15.4. The lowest BCUT2D eigenvalue weighted by atomic mass is 10.1. The molecule has 0 aliphatic carbocycles. The van der Waals surface area contributed by atoms with Crippen LogP contribution in [0.2, 0.25) is 10.0 Å². The molecule has 0 saturated carbocycles. The molecule has 114 valence electrons. The molecule has 0 heterocycles. The Labute approximate surface area is 152 Å². The number of nitrogens with zero attached hydrogens (tertiary/aromatic N) is 2. The smallest absolute Gasteiger partial charge is 0.134 e. The number of nitriles is 2. The van der Waals surface area contributed by atoms with Crippen LogP contribution in [-0.4, -0.2) is 0 Å². The van der Waals surface area contributed by atoms with Crippen molar-refractivity contribution in [3.63, 3.8) is 0 Å². The van der Waals surface area contributed by atoms with Crippen LogP contribution in [0.5, 0.6) is 5.75 Å². The first kappa shape index (κ1) is 17.4. The zero-order chi connectivity index (χ0) is 16.8. The molecule has 0 fully saturated rings. The van der Waals surface area contributed by atoms with Gasteiger partial charge in [0.25, 0.3) is 0 Å². The highest BCUT2D eigenvalue weighted by atomic mass is 79.9. The van der Waals surface area contributed by atoms with Crippen molar-refractivity contribution >= 4 is 45.2 Å². The molecule has 0 bridgehead atoms. The Kier molecular flexibility index (Phi) is 6.07. The molecule has 2 rings (SSSR count). The third-order valence-corrected chi connectivity index (χ3v) is 4.11. The van der Waals surface area contributed by atoms with Crippen molar-refractivity contribution < 1.29 is 4.74 Å². The maximum absolute atomic E-state index is 8.77. The van der Waals surface area contributed by atoms with Crippen LogP contribution in [0.4, 0.5) is 0 Å². The van der Waals surface area contributed by atoms with Gasteiger partial charge in [-0.3, -0.25) is 0 Å². The van der Waals surface area contributed by atoms with E-state index in [9.17, 15) is 0 Å². The minimum atomic E-state index is 0.0403. The standard InChI is InChI=1S/C17H9BrCl2N2O/c18-15-6-11(5-12(8-21)9-22)1-4-17(15)23-10-13-2-3-14(19)7-16(13)20/h1-7H,10H2. The molecule has 3 nitrogen and oxygen atoms in total. The minimum absolute atomic E-state index is 0.0403. The Morgan fingerprint density at radius 1 is 1.13 bits per heavy atom. The third kappa shape index (κ3) is 4.74. The first-order valence-electron chi connectivity index (χ1n) is 6.41. The van der Waals surface area contributed by atoms with Gasteiger partial charge in [0.2, 0.25) is 0 Å². The van der Waals surface area contributed by atoms with E-state index in [1.807, 2.05) is 18.2 Å². The maximum Gasteiger partial charge on any atom is 0.134 e. The predicted octanol–water partition coefficient (Wildman–Crippen LogP) is 5.77. The van der Waals surface area contributed by atoms with E-state index in [1.54, 1.807) is 30.3 Å². The molecule has 6 heteroatoms. The molecular weight excluding hydrogens is 399 g/mol. The van der Waals surface area contributed by atoms with Gasteiger partial charge in [-0.15, -0.1) is 0 Å². The van der Waals surface area contributed by atoms with E-state index in [2.05, 4.69) is 15.9 Å². The van der Waals surface area contributed by atoms with E-state index in [0.29, 0.717) is 26.9 Å². The van der Waals surface area contributed by atoms with Crippen molar-refractivity contribution in [1.29, 1.82) is 10.5 Å². The van der Waals surface area contributed by atoms with Gasteiger partial charge in [-0.1, -0.05) is 35.3 Å². The number of ether oxygens (including phenoxy) is 1. The first-order valence-corrected chi connectivity index (χ1v) is 7.96. The molecule has 0 unspecified atom stereocenters. The topological polar surface area (TPSA) is 56.8 Å². The van der Waals surface area contributed by atoms with Gasteiger partial charge in [-0.2, -0.15) is 10.5 Å². The molecule has 23 heavy (non-hydrogen) atoms. The van der Waals surface area contributed by atoms with Gasteiger partial charge >= 0.3 is 0 Å². The Balaban J connectivity index is 2.15. The van der Waals surface area contributed by atoms with E-state index < -0.39 is 0 Å². The van der Waals surface area contributed by atoms with Crippen LogP contribution in [0.1, 0.15) is 11.1 Å². The van der Waals surface area contributed by atoms with E-state index >= 15 is 0 Å². The average Bonchev–Trinajstić information content (AvgIpc) is 2.53. The molecule has 0 aliphatic rings. The zero-order valence-corrected chi connectivity index (χ0v) is 14.8. The molecule has 2 aromatic carbocycles. The molecule has 0 aromatic heterocycles. The van der Waals surface area contributed by atoms with Crippen LogP contribution in [0.15, 0.2) is 46.4 Å². The summed E-state index contributed by atoms with van der Waals surface area (Å²) in [6, 6.07) is 14.1. The first-order chi connectivity index (χ1) is 11.0. The number of rotatable bonds is 4. The van der Waals surface area contributed by atoms with E-state index in [4.69, 9.17) is 38.5 Å². The van der Waals surface area contributed by atoms with Crippen LogP contribution in [0.25, 0.3) is 6.08 Å². The van der Waals surface area contributed by atoms with E-state index in [-0.39, 0.29) is 5.57 Å². The van der Waals surface area contributed by atoms with E-state index in [0.717, 1.165) is 11.1 Å². The van der Waals surface area contributed by atoms with Crippen LogP contribution in [0, 0.1) is 22.7 Å². The number of allylic oxidation sites excluding steroid dienone is 1. The second-order valence-electron chi connectivity index (χ2n) is 4.50. The Bertz CT molecular complexity index is 835. The predicted molar refractivity (Wildman–Crippen MR) is 94.1 cm³/mol. The van der Waals surface area contributed by atoms with Crippen molar-refractivity contribution in [1.82, 2.24) is 0 Å². The van der Waals surface area contributed by atoms with Gasteiger partial charge in [0.1, 0.15) is 30.1 Å². The van der Waals surface area contributed by atoms with Gasteiger partial charge in [-0.05, 0) is 51.8 Å². The number of hydrogen-bond donors (Lipinski definition) is 0. The number of halogens is 3. The van der Waals surface area contributed by atoms with Crippen LogP contribution >= 0.6 is 39.1 Å². The van der Waals surface area contributed by atoms with Gasteiger partial charge in [-0.25, -0.2) is 0 Å². The van der Waals surface area contributed by atoms with Crippen LogP contribution < -0.4 is 4.74 Å². The van der Waals surface area contributed by atoms with Crippen molar-refractivity contribution in [2.24, 2.45) is 0 Å². The second kappa shape index (κ2) is 8.04. The van der Waals surface area contributed by atoms with Crippen molar-refractivity contribution in [2.75, 3.05) is 0 Å². The largest absolute Gasteiger partial charge is 0.488 e. The molecule has 0 radical (unpaired) electrons. The SMILES string of the molecule is N#CC(C#N)=Cc1ccc(OCc2ccc(Cl)cc2Cl)c(Br)c1. The Morgan fingerprint density at radius 2 is 1.87 bits per heavy atom. The fourth-order valence-electron chi connectivity index (χ4n) is 1.77. The average molecular weight is 408 g/mol. The highest BCUT2D eigenvalue weighted by molar-refractivity contribution is 9.10. The summed E-state index contributed by atoms with van der Waals surface area (Å²) < 4.78 is 6.45. The Hall–Kier alpha value is -1.98. The summed E-state index contributed by atoms with van der Waals surface area (Å²) in [5.41, 5.74) is 1.59. The van der Waals surface area contributed by atoms with Crippen molar-refractivity contribution in [2.45, 2.75) is 6.61 Å². The highest BCUT2D eigenvalue weighted by Gasteiger charge is 2.06. The minimum Gasteiger partial charge on any atom is -0.488 e. The summed E-state index contributed by atoms with van der Waals surface area (Å²) in [5, 5.41) is 18.6. The van der Waals surface area contributed by atoms with Crippen LogP contribution in [-0.2, 0) is 6.61 Å². The van der Waals surface area contributed by atoms with Crippen LogP contribution in [0.3, 0.4) is 0 Å². The summed E-state index contributed by atoms with van der Waals surface area (Å²) in [5.74, 6) is 0.628. The van der Waals surface area contributed by atoms with Gasteiger partial charge in [0.15, 0.2) is 0 Å². The molecule has 0 amide bonds. The quantitative estimate of drug-likeness (QED) is 0.604. The van der Waals surface area contributed by atoms with E-state index in [1.165, 1.54) is 6.08 Å². The Morgan fingerprint density at radius 3 is 2.48 bits per heavy atom. The maximum atomic E-state index is 8.77. The van der Waals surface area contributed by atoms with Crippen molar-refractivity contribution in [3.05, 3.63) is 67.6 Å². The molecule has 0 spiro atoms. The lowest BCUT2D eigenvalue weighted by Gasteiger charge is -2.10. The number of benzene rings is 2. The summed E-state index contributed by atoms with van der Waals surface area (Å²) in [4.78, 5) is 0. The normalized spacial score (nSPS) is 9.61. The fourth-order valence-corrected chi connectivity index (χ4v) is 2.75. The highest BCUT2D eigenvalue weighted by Crippen LogP contribution is 2.29. The van der Waals surface area contributed by atoms with Gasteiger partial charge < -0.3 is 4.74 Å². The molecular formula is C17H9BrCl2N2O.